The lowest BCUT2D eigenvalue weighted by atomic mass is 9.78. The van der Waals surface area contributed by atoms with Crippen LogP contribution in [-0.2, 0) is 0 Å². The summed E-state index contributed by atoms with van der Waals surface area (Å²) in [6, 6.07) is 16.9. The van der Waals surface area contributed by atoms with E-state index in [2.05, 4.69) is 5.32 Å². The highest BCUT2D eigenvalue weighted by Crippen LogP contribution is 2.44. The quantitative estimate of drug-likeness (QED) is 0.361. The maximum atomic E-state index is 14.0. The van der Waals surface area contributed by atoms with Gasteiger partial charge < -0.3 is 20.5 Å². The normalized spacial score (nSPS) is 23.2. The van der Waals surface area contributed by atoms with Crippen molar-refractivity contribution in [1.29, 1.82) is 0 Å². The first-order valence-electron chi connectivity index (χ1n) is 9.47. The van der Waals surface area contributed by atoms with Gasteiger partial charge in [0.1, 0.15) is 17.4 Å². The number of alkyl halides is 3. The van der Waals surface area contributed by atoms with Crippen molar-refractivity contribution < 1.29 is 27.8 Å². The van der Waals surface area contributed by atoms with Crippen molar-refractivity contribution in [2.75, 3.05) is 0 Å². The highest BCUT2D eigenvalue weighted by Gasteiger charge is 2.65. The number of carbonyl (C=O) groups is 1. The molecule has 166 valence electrons. The van der Waals surface area contributed by atoms with E-state index in [4.69, 9.17) is 17.0 Å². The number of halogens is 3. The standard InChI is InChI=1S/C22H17F3N2O3S2/c23-22(24,25)21(29)17(19(28)16-10-5-11-32-16)18(26-20(31)27-21)13-6-4-9-15(12-13)30-14-7-2-1-3-8-14/h1-12,17-18,29H,(H2,26,27,31)/t17-,18-,21+/m1/s1. The minimum Gasteiger partial charge on any atom is -0.457 e. The molecular formula is C22H17F3N2O3S2. The van der Waals surface area contributed by atoms with E-state index in [1.807, 2.05) is 11.4 Å². The molecule has 3 N–H and O–H groups in total. The van der Waals surface area contributed by atoms with Gasteiger partial charge in [0, 0.05) is 0 Å². The molecule has 1 saturated heterocycles. The van der Waals surface area contributed by atoms with E-state index in [0.29, 0.717) is 17.1 Å². The van der Waals surface area contributed by atoms with Crippen LogP contribution in [0.1, 0.15) is 21.3 Å². The van der Waals surface area contributed by atoms with E-state index in [-0.39, 0.29) is 4.88 Å². The van der Waals surface area contributed by atoms with E-state index in [1.165, 1.54) is 12.1 Å². The van der Waals surface area contributed by atoms with Crippen LogP contribution in [0.3, 0.4) is 0 Å². The number of rotatable bonds is 5. The summed E-state index contributed by atoms with van der Waals surface area (Å²) < 4.78 is 47.9. The number of benzene rings is 2. The number of para-hydroxylation sites is 1. The molecule has 2 heterocycles. The monoisotopic (exact) mass is 478 g/mol. The largest absolute Gasteiger partial charge is 0.457 e. The van der Waals surface area contributed by atoms with Gasteiger partial charge in [0.15, 0.2) is 10.9 Å². The van der Waals surface area contributed by atoms with Crippen molar-refractivity contribution in [3.8, 4) is 11.5 Å². The molecular weight excluding hydrogens is 461 g/mol. The van der Waals surface area contributed by atoms with Gasteiger partial charge in [0.05, 0.1) is 10.9 Å². The summed E-state index contributed by atoms with van der Waals surface area (Å²) in [7, 11) is 0. The third kappa shape index (κ3) is 4.21. The van der Waals surface area contributed by atoms with Crippen LogP contribution in [0.25, 0.3) is 0 Å². The third-order valence-electron chi connectivity index (χ3n) is 5.05. The number of thiocarbonyl (C=S) groups is 1. The van der Waals surface area contributed by atoms with Crippen molar-refractivity contribution in [3.05, 3.63) is 82.6 Å². The Morgan fingerprint density at radius 3 is 2.44 bits per heavy atom. The Kier molecular flexibility index (Phi) is 5.93. The molecule has 5 nitrogen and oxygen atoms in total. The number of ether oxygens (including phenoxy) is 1. The Hall–Kier alpha value is -2.95. The summed E-state index contributed by atoms with van der Waals surface area (Å²) in [4.78, 5) is 13.3. The molecule has 1 fully saturated rings. The molecule has 0 unspecified atom stereocenters. The lowest BCUT2D eigenvalue weighted by Crippen LogP contribution is -2.72. The Labute approximate surface area is 190 Å². The van der Waals surface area contributed by atoms with Gasteiger partial charge in [0.25, 0.3) is 0 Å². The molecule has 0 amide bonds. The van der Waals surface area contributed by atoms with Gasteiger partial charge in [-0.25, -0.2) is 0 Å². The smallest absolute Gasteiger partial charge is 0.437 e. The molecule has 0 bridgehead atoms. The topological polar surface area (TPSA) is 70.6 Å². The summed E-state index contributed by atoms with van der Waals surface area (Å²) in [6.45, 7) is 0. The van der Waals surface area contributed by atoms with Crippen molar-refractivity contribution in [1.82, 2.24) is 10.6 Å². The number of ketones is 1. The number of Topliss-reactive ketones (excluding diaryl/α,β-unsaturated/α-hetero) is 1. The summed E-state index contributed by atoms with van der Waals surface area (Å²) in [5.41, 5.74) is -3.25. The average molecular weight is 479 g/mol. The molecule has 4 rings (SSSR count). The number of hydrogen-bond donors (Lipinski definition) is 3. The van der Waals surface area contributed by atoms with Crippen LogP contribution >= 0.6 is 23.6 Å². The molecule has 1 aliphatic heterocycles. The fourth-order valence-electron chi connectivity index (χ4n) is 3.58. The zero-order chi connectivity index (χ0) is 22.9. The molecule has 0 radical (unpaired) electrons. The van der Waals surface area contributed by atoms with Gasteiger partial charge in [-0.3, -0.25) is 4.79 Å². The van der Waals surface area contributed by atoms with Crippen LogP contribution in [0, 0.1) is 5.92 Å². The lowest BCUT2D eigenvalue weighted by Gasteiger charge is -2.46. The SMILES string of the molecule is O=C(c1cccs1)[C@H]1[C@@H](c2cccc(Oc3ccccc3)c2)NC(=S)N[C@@]1(O)C(F)(F)F. The molecule has 1 aliphatic rings. The molecule has 2 aromatic carbocycles. The minimum absolute atomic E-state index is 0.0933. The van der Waals surface area contributed by atoms with Crippen LogP contribution in [-0.4, -0.2) is 27.9 Å². The fraction of sp³-hybridized carbons (Fsp3) is 0.182. The second-order valence-electron chi connectivity index (χ2n) is 7.15. The number of carbonyl (C=O) groups excluding carboxylic acids is 1. The predicted molar refractivity (Wildman–Crippen MR) is 118 cm³/mol. The summed E-state index contributed by atoms with van der Waals surface area (Å²) in [5.74, 6) is -1.91. The van der Waals surface area contributed by atoms with E-state index in [1.54, 1.807) is 53.9 Å². The summed E-state index contributed by atoms with van der Waals surface area (Å²) in [5, 5.41) is 16.5. The van der Waals surface area contributed by atoms with Gasteiger partial charge in [-0.05, 0) is 53.5 Å². The molecule has 1 aromatic heterocycles. The lowest BCUT2D eigenvalue weighted by molar-refractivity contribution is -0.285. The number of nitrogens with one attached hydrogen (secondary N) is 2. The fourth-order valence-corrected chi connectivity index (χ4v) is 4.57. The Balaban J connectivity index is 1.77. The summed E-state index contributed by atoms with van der Waals surface area (Å²) >= 11 is 5.95. The number of thiophene rings is 1. The highest BCUT2D eigenvalue weighted by molar-refractivity contribution is 7.80. The van der Waals surface area contributed by atoms with Gasteiger partial charge in [-0.1, -0.05) is 36.4 Å². The molecule has 10 heteroatoms. The first kappa shape index (κ1) is 22.3. The maximum absolute atomic E-state index is 14.0. The van der Waals surface area contributed by atoms with Crippen LogP contribution < -0.4 is 15.4 Å². The third-order valence-corrected chi connectivity index (χ3v) is 6.15. The van der Waals surface area contributed by atoms with Crippen molar-refractivity contribution in [2.45, 2.75) is 17.9 Å². The van der Waals surface area contributed by atoms with Gasteiger partial charge in [0.2, 0.25) is 5.72 Å². The van der Waals surface area contributed by atoms with Crippen LogP contribution in [0.2, 0.25) is 0 Å². The maximum Gasteiger partial charge on any atom is 0.437 e. The Bertz CT molecular complexity index is 1120. The van der Waals surface area contributed by atoms with E-state index >= 15 is 0 Å². The molecule has 0 spiro atoms. The zero-order valence-electron chi connectivity index (χ0n) is 16.3. The van der Waals surface area contributed by atoms with Crippen molar-refractivity contribution >= 4 is 34.5 Å². The molecule has 0 saturated carbocycles. The first-order chi connectivity index (χ1) is 15.2. The Morgan fingerprint density at radius 2 is 1.78 bits per heavy atom. The van der Waals surface area contributed by atoms with Crippen molar-refractivity contribution in [3.63, 3.8) is 0 Å². The average Bonchev–Trinajstić information content (AvgIpc) is 3.28. The van der Waals surface area contributed by atoms with Gasteiger partial charge in [-0.2, -0.15) is 13.2 Å². The second-order valence-corrected chi connectivity index (χ2v) is 8.50. The highest BCUT2D eigenvalue weighted by atomic mass is 32.1. The van der Waals surface area contributed by atoms with E-state index in [0.717, 1.165) is 11.3 Å². The van der Waals surface area contributed by atoms with Crippen LogP contribution in [0.5, 0.6) is 11.5 Å². The van der Waals surface area contributed by atoms with Crippen LogP contribution in [0.15, 0.2) is 72.1 Å². The van der Waals surface area contributed by atoms with Gasteiger partial charge >= 0.3 is 6.18 Å². The molecule has 3 aromatic rings. The zero-order valence-corrected chi connectivity index (χ0v) is 17.9. The van der Waals surface area contributed by atoms with E-state index < -0.39 is 34.8 Å². The van der Waals surface area contributed by atoms with E-state index in [9.17, 15) is 23.1 Å². The summed E-state index contributed by atoms with van der Waals surface area (Å²) in [6.07, 6.45) is -5.17. The van der Waals surface area contributed by atoms with Crippen molar-refractivity contribution in [2.24, 2.45) is 5.92 Å². The predicted octanol–water partition coefficient (Wildman–Crippen LogP) is 4.81. The minimum atomic E-state index is -5.17. The molecule has 3 atom stereocenters. The second kappa shape index (κ2) is 8.53. The van der Waals surface area contributed by atoms with Gasteiger partial charge in [-0.15, -0.1) is 11.3 Å². The molecule has 0 aliphatic carbocycles. The number of hydrogen-bond acceptors (Lipinski definition) is 5. The molecule has 32 heavy (non-hydrogen) atoms. The number of aliphatic hydroxyl groups is 1. The van der Waals surface area contributed by atoms with Crippen LogP contribution in [0.4, 0.5) is 13.2 Å². The Morgan fingerprint density at radius 1 is 1.06 bits per heavy atom. The first-order valence-corrected chi connectivity index (χ1v) is 10.8.